The molecule has 0 aromatic heterocycles. The molecule has 0 aliphatic carbocycles. The molecular weight excluding hydrogens is 294 g/mol. The highest BCUT2D eigenvalue weighted by atomic mass is 32.2. The summed E-state index contributed by atoms with van der Waals surface area (Å²) in [6.07, 6.45) is 1.57. The van der Waals surface area contributed by atoms with E-state index in [9.17, 15) is 9.35 Å². The van der Waals surface area contributed by atoms with E-state index in [0.717, 1.165) is 16.0 Å². The van der Waals surface area contributed by atoms with Gasteiger partial charge >= 0.3 is 5.97 Å². The average Bonchev–Trinajstić information content (AvgIpc) is 2.33. The van der Waals surface area contributed by atoms with Crippen molar-refractivity contribution in [3.05, 3.63) is 29.3 Å². The fourth-order valence-corrected chi connectivity index (χ4v) is 2.75. The van der Waals surface area contributed by atoms with Crippen LogP contribution in [0.3, 0.4) is 0 Å². The zero-order chi connectivity index (χ0) is 15.3. The van der Waals surface area contributed by atoms with Crippen molar-refractivity contribution >= 4 is 35.3 Å². The Morgan fingerprint density at radius 2 is 2.15 bits per heavy atom. The van der Waals surface area contributed by atoms with E-state index in [0.29, 0.717) is 0 Å². The first-order chi connectivity index (χ1) is 9.21. The molecule has 0 heterocycles. The van der Waals surface area contributed by atoms with Gasteiger partial charge in [0.1, 0.15) is 16.1 Å². The molecule has 1 aromatic rings. The number of carbonyl (C=O) groups is 1. The number of hydrogen-bond acceptors (Lipinski definition) is 4. The second-order valence-corrected chi connectivity index (χ2v) is 8.19. The number of aryl methyl sites for hydroxylation is 1. The number of thioether (sulfide) groups is 1. The minimum atomic E-state index is -1.32. The van der Waals surface area contributed by atoms with Crippen LogP contribution in [-0.4, -0.2) is 32.3 Å². The Kier molecular flexibility index (Phi) is 6.10. The quantitative estimate of drug-likeness (QED) is 0.515. The molecule has 6 heteroatoms. The Morgan fingerprint density at radius 1 is 1.50 bits per heavy atom. The summed E-state index contributed by atoms with van der Waals surface area (Å²) in [6, 6.07) is 5.64. The van der Waals surface area contributed by atoms with Gasteiger partial charge in [0.15, 0.2) is 0 Å². The van der Waals surface area contributed by atoms with Gasteiger partial charge in [-0.2, -0.15) is 0 Å². The third-order valence-electron chi connectivity index (χ3n) is 2.39. The van der Waals surface area contributed by atoms with E-state index in [4.69, 9.17) is 5.11 Å². The molecule has 0 aliphatic heterocycles. The second-order valence-electron chi connectivity index (χ2n) is 5.27. The van der Waals surface area contributed by atoms with Gasteiger partial charge in [-0.05, 0) is 33.3 Å². The Bertz CT molecular complexity index is 510. The van der Waals surface area contributed by atoms with Gasteiger partial charge in [0, 0.05) is 10.5 Å². The summed E-state index contributed by atoms with van der Waals surface area (Å²) in [6.45, 7) is 7.49. The fourth-order valence-electron chi connectivity index (χ4n) is 1.37. The lowest BCUT2D eigenvalue weighted by atomic mass is 10.1. The lowest BCUT2D eigenvalue weighted by Crippen LogP contribution is -2.25. The summed E-state index contributed by atoms with van der Waals surface area (Å²) in [5.41, 5.74) is 1.79. The summed E-state index contributed by atoms with van der Waals surface area (Å²) in [5, 5.41) is 8.78. The van der Waals surface area contributed by atoms with Crippen LogP contribution < -0.4 is 0 Å². The third-order valence-corrected chi connectivity index (χ3v) is 4.98. The Hall–Kier alpha value is -0.980. The number of carboxylic acid groups (broad SMARTS) is 1. The molecule has 1 rings (SSSR count). The molecule has 1 unspecified atom stereocenters. The summed E-state index contributed by atoms with van der Waals surface area (Å²) in [7, 11) is 0. The van der Waals surface area contributed by atoms with Crippen LogP contribution in [0.4, 0.5) is 0 Å². The molecule has 0 radical (unpaired) electrons. The molecule has 0 fully saturated rings. The van der Waals surface area contributed by atoms with E-state index in [1.165, 1.54) is 11.8 Å². The van der Waals surface area contributed by atoms with Gasteiger partial charge in [-0.1, -0.05) is 22.6 Å². The molecule has 1 aromatic carbocycles. The van der Waals surface area contributed by atoms with E-state index < -0.39 is 22.1 Å². The molecule has 0 bridgehead atoms. The molecule has 20 heavy (non-hydrogen) atoms. The van der Waals surface area contributed by atoms with Crippen LogP contribution >= 0.6 is 11.8 Å². The van der Waals surface area contributed by atoms with Crippen LogP contribution in [0, 0.1) is 6.92 Å². The van der Waals surface area contributed by atoms with Gasteiger partial charge in [-0.25, -0.2) is 0 Å². The summed E-state index contributed by atoms with van der Waals surface area (Å²) >= 11 is -0.0704. The van der Waals surface area contributed by atoms with Crippen LogP contribution in [0.2, 0.25) is 0 Å². The van der Waals surface area contributed by atoms with Crippen molar-refractivity contribution in [2.45, 2.75) is 37.3 Å². The lowest BCUT2D eigenvalue weighted by Gasteiger charge is -2.18. The molecule has 4 nitrogen and oxygen atoms in total. The highest BCUT2D eigenvalue weighted by molar-refractivity contribution is 8.00. The third kappa shape index (κ3) is 5.19. The van der Waals surface area contributed by atoms with Gasteiger partial charge in [0.2, 0.25) is 0 Å². The van der Waals surface area contributed by atoms with Crippen LogP contribution in [-0.2, 0) is 16.2 Å². The molecule has 0 amide bonds. The van der Waals surface area contributed by atoms with Crippen molar-refractivity contribution in [1.82, 2.24) is 0 Å². The van der Waals surface area contributed by atoms with E-state index >= 15 is 0 Å². The molecule has 1 atom stereocenters. The van der Waals surface area contributed by atoms with Crippen molar-refractivity contribution in [3.63, 3.8) is 0 Å². The SMILES string of the molecule is Cc1cccc(/C=N/[S+]([O-])C(C)(C)C)c1SCC(=O)O. The van der Waals surface area contributed by atoms with Gasteiger partial charge in [0.05, 0.1) is 12.0 Å². The fraction of sp³-hybridized carbons (Fsp3) is 0.429. The van der Waals surface area contributed by atoms with Crippen LogP contribution in [0.15, 0.2) is 27.5 Å². The second kappa shape index (κ2) is 7.15. The smallest absolute Gasteiger partial charge is 0.313 e. The molecule has 0 saturated carbocycles. The molecule has 0 spiro atoms. The Morgan fingerprint density at radius 3 is 2.70 bits per heavy atom. The number of aliphatic carboxylic acids is 1. The van der Waals surface area contributed by atoms with Crippen molar-refractivity contribution in [3.8, 4) is 0 Å². The number of carboxylic acids is 1. The highest BCUT2D eigenvalue weighted by Crippen LogP contribution is 2.26. The summed E-state index contributed by atoms with van der Waals surface area (Å²) in [4.78, 5) is 11.6. The van der Waals surface area contributed by atoms with Crippen LogP contribution in [0.25, 0.3) is 0 Å². The maximum absolute atomic E-state index is 11.9. The minimum absolute atomic E-state index is 0.00590. The number of hydrogen-bond donors (Lipinski definition) is 1. The van der Waals surface area contributed by atoms with Crippen molar-refractivity contribution in [2.75, 3.05) is 5.75 Å². The summed E-state index contributed by atoms with van der Waals surface area (Å²) < 4.78 is 15.6. The maximum Gasteiger partial charge on any atom is 0.313 e. The minimum Gasteiger partial charge on any atom is -0.591 e. The van der Waals surface area contributed by atoms with E-state index in [1.807, 2.05) is 45.9 Å². The van der Waals surface area contributed by atoms with Crippen molar-refractivity contribution in [2.24, 2.45) is 4.40 Å². The largest absolute Gasteiger partial charge is 0.591 e. The normalized spacial score (nSPS) is 13.7. The molecular formula is C14H19NO3S2. The number of nitrogens with zero attached hydrogens (tertiary/aromatic N) is 1. The zero-order valence-electron chi connectivity index (χ0n) is 12.0. The zero-order valence-corrected chi connectivity index (χ0v) is 13.7. The van der Waals surface area contributed by atoms with Crippen molar-refractivity contribution in [1.29, 1.82) is 0 Å². The average molecular weight is 313 g/mol. The predicted octanol–water partition coefficient (Wildman–Crippen LogP) is 3.05. The van der Waals surface area contributed by atoms with Gasteiger partial charge in [0.25, 0.3) is 0 Å². The maximum atomic E-state index is 11.9. The van der Waals surface area contributed by atoms with Gasteiger partial charge < -0.3 is 9.66 Å². The van der Waals surface area contributed by atoms with Crippen molar-refractivity contribution < 1.29 is 14.5 Å². The van der Waals surface area contributed by atoms with E-state index in [2.05, 4.69) is 4.40 Å². The van der Waals surface area contributed by atoms with Crippen LogP contribution in [0.1, 0.15) is 31.9 Å². The Balaban J connectivity index is 2.97. The lowest BCUT2D eigenvalue weighted by molar-refractivity contribution is -0.133. The standard InChI is InChI=1S/C14H19NO3S2/c1-10-6-5-7-11(13(10)19-9-12(16)17)8-15-20(18)14(2,3)4/h5-8H,9H2,1-4H3,(H,16,17)/b15-8+. The summed E-state index contributed by atoms with van der Waals surface area (Å²) in [5.74, 6) is -0.868. The van der Waals surface area contributed by atoms with Gasteiger partial charge in [-0.3, -0.25) is 4.79 Å². The molecule has 110 valence electrons. The molecule has 1 N–H and O–H groups in total. The first-order valence-electron chi connectivity index (χ1n) is 6.12. The monoisotopic (exact) mass is 313 g/mol. The highest BCUT2D eigenvalue weighted by Gasteiger charge is 2.25. The van der Waals surface area contributed by atoms with E-state index in [-0.39, 0.29) is 5.75 Å². The first kappa shape index (κ1) is 17.1. The number of rotatable bonds is 5. The predicted molar refractivity (Wildman–Crippen MR) is 85.0 cm³/mol. The van der Waals surface area contributed by atoms with Crippen LogP contribution in [0.5, 0.6) is 0 Å². The Labute approximate surface area is 127 Å². The first-order valence-corrected chi connectivity index (χ1v) is 8.21. The molecule has 0 saturated heterocycles. The topological polar surface area (TPSA) is 72.7 Å². The van der Waals surface area contributed by atoms with Gasteiger partial charge in [-0.15, -0.1) is 11.8 Å². The number of benzene rings is 1. The molecule has 0 aliphatic rings. The van der Waals surface area contributed by atoms with E-state index in [1.54, 1.807) is 6.21 Å².